The van der Waals surface area contributed by atoms with E-state index in [-0.39, 0.29) is 290 Å². The number of nitrogens with zero attached hydrogens (tertiary/aromatic N) is 9. The molecule has 0 saturated carbocycles. The van der Waals surface area contributed by atoms with Gasteiger partial charge in [0.1, 0.15) is 55.1 Å². The minimum absolute atomic E-state index is 0. The molecule has 49 heteroatoms. The Morgan fingerprint density at radius 1 is 0.441 bits per heavy atom. The number of nitrogens with one attached hydrogen (secondary N) is 6. The molecule has 0 saturated heterocycles. The van der Waals surface area contributed by atoms with Crippen LogP contribution in [-0.2, 0) is 77.9 Å². The fourth-order valence-electron chi connectivity index (χ4n) is 15.1. The first-order valence-corrected chi connectivity index (χ1v) is 44.1. The van der Waals surface area contributed by atoms with Crippen LogP contribution in [-0.4, -0.2) is 225 Å². The summed E-state index contributed by atoms with van der Waals surface area (Å²) in [7, 11) is 11.1. The van der Waals surface area contributed by atoms with Gasteiger partial charge in [0.25, 0.3) is 22.7 Å². The van der Waals surface area contributed by atoms with Crippen molar-refractivity contribution in [1.82, 2.24) is 41.6 Å². The Hall–Kier alpha value is -5.82. The van der Waals surface area contributed by atoms with Gasteiger partial charge in [0.2, 0.25) is 28.9 Å². The number of aliphatic hydroxyl groups excluding tert-OH is 7. The van der Waals surface area contributed by atoms with E-state index in [1.54, 1.807) is 58.0 Å². The summed E-state index contributed by atoms with van der Waals surface area (Å²) in [5.74, 6) is 1.11. The van der Waals surface area contributed by atoms with E-state index in [1.807, 2.05) is 121 Å². The smallest absolute Gasteiger partial charge is 0.408 e. The molecule has 0 heterocycles. The molecule has 14 atom stereocenters. The maximum Gasteiger partial charge on any atom is 0.408 e. The SMILES string of the molecule is C#COCl.CB(O)NC1c2cc([N+](=O)[O-])ccc2CC1O.CC(=O)Cl.CC(=O)NC1c2cc(N)ccc2CC1O.CC(=O)NC1c2cc(N=C(C)N(C)C)ccc2CC1O.CC(=O)NC1c2cc(N=C(C)N(C)C)ccc2CC1O.CC(=O)NC1c2cc([N+](=O)[O-])ccc2CC1O.CC(C)(C)OC(=O)NC1c2cc([N+](=O)[O-])ccc2CC1O.CC(C)=[N+](C)C.NC1c2cc([N+](=O)[O-])ccc2CC1O.[Ac].[Ac].[Ac].[Ac].[Ac]. The predicted molar refractivity (Wildman–Crippen MR) is 523 cm³/mol. The number of terminal acetylenes is 1. The molecule has 143 heavy (non-hydrogen) atoms. The molecule has 41 nitrogen and oxygen atoms in total. The fourth-order valence-corrected chi connectivity index (χ4v) is 15.1. The molecule has 0 spiro atoms. The van der Waals surface area contributed by atoms with E-state index in [4.69, 9.17) is 16.2 Å². The molecule has 5 radical (unpaired) electrons. The summed E-state index contributed by atoms with van der Waals surface area (Å²) in [6.07, 6.45) is 4.31. The molecule has 0 aliphatic heterocycles. The number of ether oxygens (including phenoxy) is 1. The molecule has 7 aromatic rings. The number of nitro groups is 4. The van der Waals surface area contributed by atoms with Gasteiger partial charge in [-0.1, -0.05) is 48.9 Å². The molecule has 7 aliphatic carbocycles. The average molecular weight is 3090 g/mol. The number of amidine groups is 2. The summed E-state index contributed by atoms with van der Waals surface area (Å²) in [5, 5.41) is 137. The standard InChI is InChI=1S/2C15H21N3O2.C14H18N2O5.C11H12N2O4.C11H14N2O2.C10H13BN2O4.C9H10N2O3.C5H12N.C2HClO.C2H3ClO.5Ac/c2*1-9(18(3)4)16-12-6-5-11-7-14(20)15(13(11)8-12)17-10(2)19;1-14(2,3)21-13(18)15-12-10-7-9(16(19)20)5-4-8(10)6-11(12)17;1-6(14)12-11-9-5-8(13(16)17)3-2-7(9)4-10(11)15;1-6(14)13-11-9-5-8(12)3-2-7(9)4-10(11)15;1-11(15)12-10-8-5-7(13(16)17)3-2-6(8)4-9(10)14;10-9-7-4-6(11(13)14)2-1-5(7)3-8(9)12;1-5(2)6(3)4;1-2-4-3;1-2(3)4;;;;;/h2*5-6,8,14-15,20H,7H2,1-4H3,(H,17,19);4-5,7,11-12,17H,6H2,1-3H3,(H,15,18);2-3,5,10-11,15H,4H2,1H3,(H,12,14);2-3,5,10-11,15H,4,12H2,1H3,(H,13,14);2-3,5,9-10,12,14-15H,4H2,1H3;1-2,4,8-9,12H,3,10H2;1-4H3;1H;1H3;;;;;/q;;;;;;;+1;;;;;;;. The number of nitro benzene ring substituents is 4. The van der Waals surface area contributed by atoms with Gasteiger partial charge in [-0.3, -0.25) is 64.4 Å². The second kappa shape index (κ2) is 65.3. The third-order valence-electron chi connectivity index (χ3n) is 22.2. The number of carbonyl (C=O) groups is 6. The second-order valence-corrected chi connectivity index (χ2v) is 35.7. The van der Waals surface area contributed by atoms with Crippen molar-refractivity contribution in [3.8, 4) is 12.5 Å². The van der Waals surface area contributed by atoms with Crippen LogP contribution in [0.1, 0.15) is 203 Å². The molecular weight excluding hydrogens is 2970 g/mol. The van der Waals surface area contributed by atoms with E-state index < -0.39 is 105 Å². The summed E-state index contributed by atoms with van der Waals surface area (Å²) >= 11 is 9.09. The molecule has 18 N–H and O–H groups in total. The maximum atomic E-state index is 11.8. The molecular formula is C94H125Ac5BCl2N17O24+. The number of amides is 5. The van der Waals surface area contributed by atoms with E-state index in [0.717, 1.165) is 78.7 Å². The van der Waals surface area contributed by atoms with Crippen molar-refractivity contribution in [3.63, 3.8) is 0 Å². The van der Waals surface area contributed by atoms with Gasteiger partial charge in [0, 0.05) is 396 Å². The van der Waals surface area contributed by atoms with Crippen LogP contribution in [0.2, 0.25) is 6.82 Å². The van der Waals surface area contributed by atoms with Gasteiger partial charge >= 0.3 is 13.1 Å². The Labute approximate surface area is 1020 Å². The summed E-state index contributed by atoms with van der Waals surface area (Å²) in [6, 6.07) is 31.9. The number of aliphatic imine (C=N–C) groups is 2. The van der Waals surface area contributed by atoms with Gasteiger partial charge < -0.3 is 103 Å². The minimum Gasteiger partial charge on any atom is -0.444 e. The van der Waals surface area contributed by atoms with Gasteiger partial charge in [-0.25, -0.2) is 19.4 Å². The number of aliphatic hydroxyl groups is 7. The van der Waals surface area contributed by atoms with Crippen molar-refractivity contribution in [2.24, 2.45) is 15.7 Å². The summed E-state index contributed by atoms with van der Waals surface area (Å²) in [4.78, 5) is 119. The first-order valence-electron chi connectivity index (χ1n) is 43.5. The Balaban J connectivity index is 0.00000160. The first-order chi connectivity index (χ1) is 64.4. The molecule has 14 rings (SSSR count). The topological polar surface area (TPSA) is 614 Å². The van der Waals surface area contributed by atoms with Crippen LogP contribution in [0.4, 0.5) is 44.6 Å². The number of hydrogen-bond donors (Lipinski definition) is 16. The zero-order chi connectivity index (χ0) is 104. The third kappa shape index (κ3) is 44.3. The Morgan fingerprint density at radius 2 is 0.671 bits per heavy atom. The predicted octanol–water partition coefficient (Wildman–Crippen LogP) is 8.94. The molecule has 7 aromatic carbocycles. The molecule has 5 amide bonds. The molecule has 761 valence electrons. The van der Waals surface area contributed by atoms with E-state index in [2.05, 4.69) is 94.4 Å². The number of non-ortho nitro benzene ring substituents is 4. The van der Waals surface area contributed by atoms with Gasteiger partial charge in [-0.15, -0.1) is 0 Å². The van der Waals surface area contributed by atoms with Crippen molar-refractivity contribution in [1.29, 1.82) is 0 Å². The number of nitrogen functional groups attached to an aromatic ring is 1. The van der Waals surface area contributed by atoms with E-state index in [1.165, 1.54) is 88.9 Å². The Morgan fingerprint density at radius 3 is 0.923 bits per heavy atom. The van der Waals surface area contributed by atoms with Crippen LogP contribution < -0.4 is 43.3 Å². The van der Waals surface area contributed by atoms with Crippen molar-refractivity contribution < 1.29 is 323 Å². The average Bonchev–Trinajstić information content (AvgIpc) is 1.59. The number of rotatable bonds is 13. The van der Waals surface area contributed by atoms with Gasteiger partial charge in [-0.05, 0) is 167 Å². The Kier molecular flexibility index (Phi) is 62.7. The summed E-state index contributed by atoms with van der Waals surface area (Å²) in [5.41, 5.74) is 26.3. The quantitative estimate of drug-likeness (QED) is 0.00589. The van der Waals surface area contributed by atoms with Gasteiger partial charge in [-0.2, -0.15) is 0 Å². The van der Waals surface area contributed by atoms with Gasteiger partial charge in [0.15, 0.2) is 0 Å². The van der Waals surface area contributed by atoms with Crippen LogP contribution in [0, 0.1) is 273 Å². The monoisotopic (exact) mass is 3090 g/mol. The van der Waals surface area contributed by atoms with E-state index in [9.17, 15) is 110 Å². The summed E-state index contributed by atoms with van der Waals surface area (Å²) < 4.78 is 10.8. The zero-order valence-corrected chi connectivity index (χ0v) is 108. The van der Waals surface area contributed by atoms with Crippen LogP contribution in [0.3, 0.4) is 0 Å². The van der Waals surface area contributed by atoms with Gasteiger partial charge in [0.05, 0.1) is 116 Å². The number of fused-ring (bicyclic) bond motifs is 7. The number of halogens is 2. The zero-order valence-electron chi connectivity index (χ0n) is 83.2. The minimum atomic E-state index is -0.825. The van der Waals surface area contributed by atoms with Crippen LogP contribution in [0.5, 0.6) is 0 Å². The number of anilines is 1. The molecule has 14 unspecified atom stereocenters. The van der Waals surface area contributed by atoms with Crippen molar-refractivity contribution in [2.45, 2.75) is 225 Å². The largest absolute Gasteiger partial charge is 0.444 e. The van der Waals surface area contributed by atoms with Crippen LogP contribution in [0.15, 0.2) is 137 Å². The van der Waals surface area contributed by atoms with E-state index in [0.29, 0.717) is 72.9 Å². The number of hydrogen-bond acceptors (Lipinski definition) is 29. The first kappa shape index (κ1) is 137. The fraction of sp³-hybridized carbons (Fsp3) is 0.436. The molecule has 0 bridgehead atoms. The van der Waals surface area contributed by atoms with Crippen LogP contribution in [0.25, 0.3) is 0 Å². The van der Waals surface area contributed by atoms with Crippen LogP contribution >= 0.6 is 23.5 Å². The molecule has 7 aliphatic rings. The second-order valence-electron chi connectivity index (χ2n) is 35.0. The number of nitrogens with two attached hydrogens (primary N) is 2. The number of alkyl carbamates (subject to hydrolysis) is 1. The number of benzene rings is 7. The number of carbonyl (C=O) groups excluding carboxylic acids is 6. The third-order valence-corrected chi connectivity index (χ3v) is 22.3. The maximum absolute atomic E-state index is 11.8. The summed E-state index contributed by atoms with van der Waals surface area (Å²) in [6.45, 7) is 21.8. The van der Waals surface area contributed by atoms with E-state index >= 15 is 0 Å². The Bertz CT molecular complexity index is 5570. The van der Waals surface area contributed by atoms with Crippen molar-refractivity contribution in [3.05, 3.63) is 246 Å². The normalized spacial score (nSPS) is 19.9. The molecule has 0 aromatic heterocycles. The van der Waals surface area contributed by atoms with Crippen molar-refractivity contribution >= 4 is 123 Å². The molecule has 0 fully saturated rings. The van der Waals surface area contributed by atoms with Crippen molar-refractivity contribution in [2.75, 3.05) is 48.0 Å².